The third-order valence-electron chi connectivity index (χ3n) is 3.08. The molecule has 2 N–H and O–H groups in total. The summed E-state index contributed by atoms with van der Waals surface area (Å²) in [5.74, 6) is -0.0571. The maximum atomic E-state index is 12.1. The lowest BCUT2D eigenvalue weighted by Crippen LogP contribution is -2.34. The smallest absolute Gasteiger partial charge is 0.244 e. The minimum atomic E-state index is -3.63. The summed E-state index contributed by atoms with van der Waals surface area (Å²) in [7, 11) is -3.63. The van der Waals surface area contributed by atoms with Gasteiger partial charge in [0, 0.05) is 26.1 Å². The van der Waals surface area contributed by atoms with Gasteiger partial charge in [0.05, 0.1) is 11.4 Å². The van der Waals surface area contributed by atoms with Crippen LogP contribution in [0.15, 0.2) is 4.90 Å². The van der Waals surface area contributed by atoms with Crippen LogP contribution >= 0.6 is 0 Å². The van der Waals surface area contributed by atoms with Crippen LogP contribution < -0.4 is 4.72 Å². The van der Waals surface area contributed by atoms with Gasteiger partial charge in [0.1, 0.15) is 4.90 Å². The van der Waals surface area contributed by atoms with E-state index in [1.807, 2.05) is 13.8 Å². The van der Waals surface area contributed by atoms with Gasteiger partial charge in [-0.2, -0.15) is 5.10 Å². The molecule has 0 aromatic carbocycles. The molecule has 1 heterocycles. The molecule has 1 rings (SSSR count). The molecule has 0 saturated heterocycles. The summed E-state index contributed by atoms with van der Waals surface area (Å²) < 4.78 is 26.7. The van der Waals surface area contributed by atoms with Crippen molar-refractivity contribution < 1.29 is 13.2 Å². The zero-order valence-corrected chi connectivity index (χ0v) is 13.2. The maximum absolute atomic E-state index is 12.1. The third-order valence-corrected chi connectivity index (χ3v) is 4.80. The van der Waals surface area contributed by atoms with E-state index in [0.717, 1.165) is 0 Å². The number of sulfonamides is 1. The number of rotatable bonds is 7. The summed E-state index contributed by atoms with van der Waals surface area (Å²) in [6, 6.07) is 0. The van der Waals surface area contributed by atoms with Crippen molar-refractivity contribution in [1.29, 1.82) is 0 Å². The third kappa shape index (κ3) is 3.80. The summed E-state index contributed by atoms with van der Waals surface area (Å²) in [5, 5.41) is 6.50. The van der Waals surface area contributed by atoms with Crippen molar-refractivity contribution in [3.8, 4) is 0 Å². The first-order valence-corrected chi connectivity index (χ1v) is 8.10. The molecule has 0 aliphatic rings. The Balaban J connectivity index is 2.64. The Bertz CT molecular complexity index is 542. The van der Waals surface area contributed by atoms with E-state index in [0.29, 0.717) is 24.5 Å². The topological polar surface area (TPSA) is 95.2 Å². The minimum Gasteiger partial charge on any atom is -0.343 e. The van der Waals surface area contributed by atoms with E-state index < -0.39 is 10.0 Å². The number of carbonyl (C=O) groups excluding carboxylic acids is 1. The van der Waals surface area contributed by atoms with E-state index in [1.165, 1.54) is 0 Å². The SMILES string of the molecule is CCN(CC)C(=O)CCNS(=O)(=O)c1c(C)n[nH]c1C. The van der Waals surface area contributed by atoms with Gasteiger partial charge in [0.15, 0.2) is 0 Å². The van der Waals surface area contributed by atoms with Crippen LogP contribution in [0.5, 0.6) is 0 Å². The molecular weight excluding hydrogens is 280 g/mol. The number of amides is 1. The first-order valence-electron chi connectivity index (χ1n) is 6.62. The number of hydrogen-bond donors (Lipinski definition) is 2. The Morgan fingerprint density at radius 3 is 2.35 bits per heavy atom. The Labute approximate surface area is 119 Å². The minimum absolute atomic E-state index is 0.0571. The molecule has 0 atom stereocenters. The Kier molecular flexibility index (Phi) is 5.70. The predicted octanol–water partition coefficient (Wildman–Crippen LogP) is 0.563. The zero-order valence-electron chi connectivity index (χ0n) is 12.4. The zero-order chi connectivity index (χ0) is 15.3. The molecule has 1 aromatic heterocycles. The second kappa shape index (κ2) is 6.85. The van der Waals surface area contributed by atoms with Crippen LogP contribution in [0.25, 0.3) is 0 Å². The molecule has 1 aromatic rings. The molecule has 114 valence electrons. The molecule has 1 amide bonds. The molecule has 8 heteroatoms. The van der Waals surface area contributed by atoms with Gasteiger partial charge in [-0.25, -0.2) is 13.1 Å². The second-order valence-corrected chi connectivity index (χ2v) is 6.18. The van der Waals surface area contributed by atoms with Gasteiger partial charge in [-0.05, 0) is 27.7 Å². The number of carbonyl (C=O) groups is 1. The number of nitrogens with one attached hydrogen (secondary N) is 2. The highest BCUT2D eigenvalue weighted by atomic mass is 32.2. The van der Waals surface area contributed by atoms with Gasteiger partial charge in [-0.1, -0.05) is 0 Å². The molecule has 0 saturated carbocycles. The summed E-state index contributed by atoms with van der Waals surface area (Å²) in [5.41, 5.74) is 0.912. The monoisotopic (exact) mass is 302 g/mol. The van der Waals surface area contributed by atoms with Gasteiger partial charge in [0.2, 0.25) is 15.9 Å². The van der Waals surface area contributed by atoms with Crippen LogP contribution in [0, 0.1) is 13.8 Å². The first kappa shape index (κ1) is 16.6. The van der Waals surface area contributed by atoms with Gasteiger partial charge in [0.25, 0.3) is 0 Å². The molecule has 0 fully saturated rings. The van der Waals surface area contributed by atoms with Crippen molar-refractivity contribution in [1.82, 2.24) is 19.8 Å². The fourth-order valence-corrected chi connectivity index (χ4v) is 3.43. The average Bonchev–Trinajstić information content (AvgIpc) is 2.70. The van der Waals surface area contributed by atoms with Crippen LogP contribution in [0.4, 0.5) is 0 Å². The Hall–Kier alpha value is -1.41. The fourth-order valence-electron chi connectivity index (χ4n) is 2.04. The molecular formula is C12H22N4O3S. The number of aryl methyl sites for hydroxylation is 2. The van der Waals surface area contributed by atoms with Crippen LogP contribution in [0.2, 0.25) is 0 Å². The first-order chi connectivity index (χ1) is 9.33. The number of aromatic amines is 1. The summed E-state index contributed by atoms with van der Waals surface area (Å²) in [6.07, 6.45) is 0.150. The van der Waals surface area contributed by atoms with Crippen molar-refractivity contribution in [2.24, 2.45) is 0 Å². The van der Waals surface area contributed by atoms with Gasteiger partial charge in [-0.15, -0.1) is 0 Å². The van der Waals surface area contributed by atoms with E-state index in [1.54, 1.807) is 18.7 Å². The normalized spacial score (nSPS) is 11.6. The summed E-state index contributed by atoms with van der Waals surface area (Å²) >= 11 is 0. The van der Waals surface area contributed by atoms with Crippen molar-refractivity contribution in [3.63, 3.8) is 0 Å². The molecule has 0 radical (unpaired) electrons. The van der Waals surface area contributed by atoms with Crippen molar-refractivity contribution in [2.75, 3.05) is 19.6 Å². The molecule has 0 unspecified atom stereocenters. The maximum Gasteiger partial charge on any atom is 0.244 e. The van der Waals surface area contributed by atoms with Crippen LogP contribution in [0.1, 0.15) is 31.7 Å². The van der Waals surface area contributed by atoms with E-state index >= 15 is 0 Å². The van der Waals surface area contributed by atoms with Crippen molar-refractivity contribution in [3.05, 3.63) is 11.4 Å². The van der Waals surface area contributed by atoms with E-state index in [9.17, 15) is 13.2 Å². The lowest BCUT2D eigenvalue weighted by atomic mass is 10.3. The number of H-pyrrole nitrogens is 1. The van der Waals surface area contributed by atoms with Crippen LogP contribution in [-0.4, -0.2) is 49.1 Å². The highest BCUT2D eigenvalue weighted by Crippen LogP contribution is 2.15. The van der Waals surface area contributed by atoms with Gasteiger partial charge in [-0.3, -0.25) is 9.89 Å². The lowest BCUT2D eigenvalue weighted by molar-refractivity contribution is -0.130. The molecule has 20 heavy (non-hydrogen) atoms. The van der Waals surface area contributed by atoms with Crippen molar-refractivity contribution in [2.45, 2.75) is 39.0 Å². The van der Waals surface area contributed by atoms with Crippen molar-refractivity contribution >= 4 is 15.9 Å². The van der Waals surface area contributed by atoms with Gasteiger partial charge < -0.3 is 4.90 Å². The Morgan fingerprint density at radius 2 is 1.90 bits per heavy atom. The predicted molar refractivity (Wildman–Crippen MR) is 75.8 cm³/mol. The van der Waals surface area contributed by atoms with Crippen LogP contribution in [0.3, 0.4) is 0 Å². The van der Waals surface area contributed by atoms with E-state index in [2.05, 4.69) is 14.9 Å². The number of hydrogen-bond acceptors (Lipinski definition) is 4. The summed E-state index contributed by atoms with van der Waals surface area (Å²) in [6.45, 7) is 8.40. The molecule has 0 spiro atoms. The average molecular weight is 302 g/mol. The van der Waals surface area contributed by atoms with E-state index in [-0.39, 0.29) is 23.8 Å². The number of nitrogens with zero attached hydrogens (tertiary/aromatic N) is 2. The second-order valence-electron chi connectivity index (χ2n) is 4.48. The fraction of sp³-hybridized carbons (Fsp3) is 0.667. The largest absolute Gasteiger partial charge is 0.343 e. The summed E-state index contributed by atoms with van der Waals surface area (Å²) in [4.78, 5) is 13.6. The highest BCUT2D eigenvalue weighted by Gasteiger charge is 2.22. The van der Waals surface area contributed by atoms with Crippen LogP contribution in [-0.2, 0) is 14.8 Å². The number of aromatic nitrogens is 2. The standard InChI is InChI=1S/C12H22N4O3S/c1-5-16(6-2)11(17)7-8-13-20(18,19)12-9(3)14-15-10(12)4/h13H,5-8H2,1-4H3,(H,14,15). The quantitative estimate of drug-likeness (QED) is 0.769. The van der Waals surface area contributed by atoms with Gasteiger partial charge >= 0.3 is 0 Å². The van der Waals surface area contributed by atoms with E-state index in [4.69, 9.17) is 0 Å². The Morgan fingerprint density at radius 1 is 1.30 bits per heavy atom. The lowest BCUT2D eigenvalue weighted by Gasteiger charge is -2.18. The molecule has 0 aliphatic carbocycles. The molecule has 7 nitrogen and oxygen atoms in total. The molecule has 0 aliphatic heterocycles. The highest BCUT2D eigenvalue weighted by molar-refractivity contribution is 7.89. The molecule has 0 bridgehead atoms.